The number of amides is 1. The van der Waals surface area contributed by atoms with E-state index in [0.29, 0.717) is 0 Å². The Kier molecular flexibility index (Phi) is 7.36. The van der Waals surface area contributed by atoms with E-state index in [9.17, 15) is 4.79 Å². The van der Waals surface area contributed by atoms with Crippen LogP contribution in [0.15, 0.2) is 42.6 Å². The summed E-state index contributed by atoms with van der Waals surface area (Å²) >= 11 is 0. The van der Waals surface area contributed by atoms with Crippen molar-refractivity contribution in [2.24, 2.45) is 7.05 Å². The highest BCUT2D eigenvalue weighted by Gasteiger charge is 2.09. The number of hydrogen-bond acceptors (Lipinski definition) is 1. The van der Waals surface area contributed by atoms with E-state index in [0.717, 1.165) is 31.4 Å². The number of hydrogen-bond donors (Lipinski definition) is 1. The highest BCUT2D eigenvalue weighted by atomic mass is 127. The summed E-state index contributed by atoms with van der Waals surface area (Å²) in [5.74, 6) is 0. The van der Waals surface area contributed by atoms with Gasteiger partial charge in [-0.15, -0.1) is 0 Å². The minimum Gasteiger partial charge on any atom is -1.00 e. The van der Waals surface area contributed by atoms with Gasteiger partial charge in [0.05, 0.1) is 0 Å². The summed E-state index contributed by atoms with van der Waals surface area (Å²) in [6.45, 7) is 2.16. The number of para-hydroxylation sites is 1. The van der Waals surface area contributed by atoms with Crippen LogP contribution in [-0.2, 0) is 31.1 Å². The molecule has 112 valence electrons. The summed E-state index contributed by atoms with van der Waals surface area (Å²) in [5, 5.41) is 2.76. The number of aryl methyl sites for hydroxylation is 4. The minimum absolute atomic E-state index is 0. The molecule has 0 unspecified atom stereocenters. The number of benzene rings is 1. The Morgan fingerprint density at radius 2 is 1.90 bits per heavy atom. The molecular formula is C17H21IN2O. The SMILES string of the molecule is CCc1ccc(CCc2ccccc2NC=O)[n+](C)c1.[I-]. The molecule has 0 bridgehead atoms. The van der Waals surface area contributed by atoms with E-state index in [-0.39, 0.29) is 24.0 Å². The van der Waals surface area contributed by atoms with Gasteiger partial charge in [0.2, 0.25) is 6.41 Å². The Morgan fingerprint density at radius 1 is 1.14 bits per heavy atom. The van der Waals surface area contributed by atoms with Crippen molar-refractivity contribution in [1.29, 1.82) is 0 Å². The first-order valence-corrected chi connectivity index (χ1v) is 7.00. The average Bonchev–Trinajstić information content (AvgIpc) is 2.47. The molecule has 0 aliphatic carbocycles. The second-order valence-corrected chi connectivity index (χ2v) is 4.91. The van der Waals surface area contributed by atoms with Gasteiger partial charge in [-0.05, 0) is 30.5 Å². The van der Waals surface area contributed by atoms with Crippen molar-refractivity contribution in [3.8, 4) is 0 Å². The molecule has 0 atom stereocenters. The van der Waals surface area contributed by atoms with Crippen LogP contribution >= 0.6 is 0 Å². The number of carbonyl (C=O) groups excluding carboxylic acids is 1. The van der Waals surface area contributed by atoms with Crippen LogP contribution in [0.1, 0.15) is 23.7 Å². The van der Waals surface area contributed by atoms with E-state index in [1.807, 2.05) is 18.2 Å². The van der Waals surface area contributed by atoms with Crippen LogP contribution in [0.4, 0.5) is 5.69 Å². The molecule has 1 aromatic heterocycles. The molecule has 2 aromatic rings. The molecular weight excluding hydrogens is 375 g/mol. The first-order chi connectivity index (χ1) is 9.74. The predicted molar refractivity (Wildman–Crippen MR) is 80.5 cm³/mol. The van der Waals surface area contributed by atoms with E-state index in [1.165, 1.54) is 16.8 Å². The van der Waals surface area contributed by atoms with Crippen LogP contribution in [0.5, 0.6) is 0 Å². The third kappa shape index (κ3) is 4.81. The number of nitrogens with one attached hydrogen (secondary N) is 1. The molecule has 1 aromatic carbocycles. The zero-order valence-electron chi connectivity index (χ0n) is 12.5. The van der Waals surface area contributed by atoms with Crippen molar-refractivity contribution in [2.75, 3.05) is 5.32 Å². The van der Waals surface area contributed by atoms with Gasteiger partial charge >= 0.3 is 0 Å². The summed E-state index contributed by atoms with van der Waals surface area (Å²) in [6.07, 6.45) is 5.84. The highest BCUT2D eigenvalue weighted by molar-refractivity contribution is 5.73. The number of carbonyl (C=O) groups is 1. The standard InChI is InChI=1S/C17H20N2O.HI/c1-3-14-8-10-16(19(2)12-14)11-9-15-6-4-5-7-17(15)18-13-20;/h4-8,10,12-13H,3,9,11H2,1-2H3;1H. The van der Waals surface area contributed by atoms with Gasteiger partial charge in [0.1, 0.15) is 7.05 Å². The van der Waals surface area contributed by atoms with Crippen molar-refractivity contribution in [3.63, 3.8) is 0 Å². The van der Waals surface area contributed by atoms with Crippen molar-refractivity contribution >= 4 is 12.1 Å². The van der Waals surface area contributed by atoms with Gasteiger partial charge in [0, 0.05) is 23.7 Å². The fourth-order valence-electron chi connectivity index (χ4n) is 2.37. The topological polar surface area (TPSA) is 33.0 Å². The third-order valence-electron chi connectivity index (χ3n) is 3.59. The number of anilines is 1. The maximum absolute atomic E-state index is 10.6. The van der Waals surface area contributed by atoms with Crippen molar-refractivity contribution in [2.45, 2.75) is 26.2 Å². The maximum Gasteiger partial charge on any atom is 0.211 e. The molecule has 0 aliphatic rings. The smallest absolute Gasteiger partial charge is 0.211 e. The lowest BCUT2D eigenvalue weighted by molar-refractivity contribution is -0.679. The molecule has 0 spiro atoms. The second kappa shape index (κ2) is 8.77. The number of nitrogens with zero attached hydrogens (tertiary/aromatic N) is 1. The lowest BCUT2D eigenvalue weighted by Crippen LogP contribution is -3.00. The number of aromatic nitrogens is 1. The lowest BCUT2D eigenvalue weighted by atomic mass is 10.0. The molecule has 2 rings (SSSR count). The molecule has 21 heavy (non-hydrogen) atoms. The monoisotopic (exact) mass is 396 g/mol. The number of pyridine rings is 1. The quantitative estimate of drug-likeness (QED) is 0.396. The molecule has 0 fully saturated rings. The van der Waals surface area contributed by atoms with Crippen LogP contribution in [0.2, 0.25) is 0 Å². The molecule has 1 heterocycles. The van der Waals surface area contributed by atoms with Crippen LogP contribution in [0.25, 0.3) is 0 Å². The molecule has 1 amide bonds. The Morgan fingerprint density at radius 3 is 2.57 bits per heavy atom. The second-order valence-electron chi connectivity index (χ2n) is 4.91. The molecule has 0 aliphatic heterocycles. The lowest BCUT2D eigenvalue weighted by Gasteiger charge is -2.07. The maximum atomic E-state index is 10.6. The Bertz CT molecular complexity index is 599. The van der Waals surface area contributed by atoms with E-state index < -0.39 is 0 Å². The highest BCUT2D eigenvalue weighted by Crippen LogP contribution is 2.16. The van der Waals surface area contributed by atoms with Crippen molar-refractivity contribution in [3.05, 3.63) is 59.4 Å². The fourth-order valence-corrected chi connectivity index (χ4v) is 2.37. The largest absolute Gasteiger partial charge is 1.00 e. The first kappa shape index (κ1) is 17.6. The molecule has 4 heteroatoms. The van der Waals surface area contributed by atoms with Gasteiger partial charge in [-0.3, -0.25) is 4.79 Å². The molecule has 3 nitrogen and oxygen atoms in total. The van der Waals surface area contributed by atoms with Crippen LogP contribution in [-0.4, -0.2) is 6.41 Å². The summed E-state index contributed by atoms with van der Waals surface area (Å²) in [4.78, 5) is 10.6. The Hall–Kier alpha value is -1.43. The van der Waals surface area contributed by atoms with Gasteiger partial charge in [-0.2, -0.15) is 0 Å². The Labute approximate surface area is 143 Å². The Balaban J connectivity index is 0.00000220. The van der Waals surface area contributed by atoms with Gasteiger partial charge < -0.3 is 29.3 Å². The van der Waals surface area contributed by atoms with E-state index in [4.69, 9.17) is 0 Å². The number of rotatable bonds is 6. The molecule has 0 radical (unpaired) electrons. The van der Waals surface area contributed by atoms with Crippen LogP contribution < -0.4 is 33.9 Å². The van der Waals surface area contributed by atoms with Gasteiger partial charge in [0.25, 0.3) is 0 Å². The average molecular weight is 396 g/mol. The predicted octanol–water partition coefficient (Wildman–Crippen LogP) is -0.569. The molecule has 1 N–H and O–H groups in total. The normalized spacial score (nSPS) is 9.81. The van der Waals surface area contributed by atoms with Crippen LogP contribution in [0, 0.1) is 0 Å². The zero-order chi connectivity index (χ0) is 14.4. The van der Waals surface area contributed by atoms with E-state index in [1.54, 1.807) is 0 Å². The summed E-state index contributed by atoms with van der Waals surface area (Å²) < 4.78 is 2.19. The third-order valence-corrected chi connectivity index (χ3v) is 3.59. The summed E-state index contributed by atoms with van der Waals surface area (Å²) in [6, 6.07) is 12.3. The van der Waals surface area contributed by atoms with Crippen molar-refractivity contribution < 1.29 is 33.3 Å². The van der Waals surface area contributed by atoms with Gasteiger partial charge in [-0.25, -0.2) is 4.57 Å². The zero-order valence-corrected chi connectivity index (χ0v) is 14.6. The minimum atomic E-state index is 0. The van der Waals surface area contributed by atoms with Crippen molar-refractivity contribution in [1.82, 2.24) is 0 Å². The molecule has 0 saturated heterocycles. The van der Waals surface area contributed by atoms with E-state index >= 15 is 0 Å². The number of halogens is 1. The van der Waals surface area contributed by atoms with E-state index in [2.05, 4.69) is 48.3 Å². The fraction of sp³-hybridized carbons (Fsp3) is 0.294. The summed E-state index contributed by atoms with van der Waals surface area (Å²) in [5.41, 5.74) is 4.71. The van der Waals surface area contributed by atoms with Crippen LogP contribution in [0.3, 0.4) is 0 Å². The molecule has 0 saturated carbocycles. The van der Waals surface area contributed by atoms with Gasteiger partial charge in [0.15, 0.2) is 11.9 Å². The summed E-state index contributed by atoms with van der Waals surface area (Å²) in [7, 11) is 2.09. The van der Waals surface area contributed by atoms with Gasteiger partial charge in [-0.1, -0.05) is 25.1 Å². The first-order valence-electron chi connectivity index (χ1n) is 7.00.